The molecular formula is C17H12N6O2S. The number of anilines is 1. The van der Waals surface area contributed by atoms with Crippen molar-refractivity contribution in [2.24, 2.45) is 5.41 Å². The van der Waals surface area contributed by atoms with E-state index in [1.54, 1.807) is 12.1 Å². The fraction of sp³-hybridized carbons (Fsp3) is 0.294. The third-order valence-electron chi connectivity index (χ3n) is 4.19. The highest BCUT2D eigenvalue weighted by Gasteiger charge is 2.36. The molecule has 0 saturated heterocycles. The summed E-state index contributed by atoms with van der Waals surface area (Å²) >= 11 is 0.976. The van der Waals surface area contributed by atoms with E-state index in [9.17, 15) is 20.1 Å². The van der Waals surface area contributed by atoms with Crippen LogP contribution in [0.3, 0.4) is 0 Å². The van der Waals surface area contributed by atoms with Crippen molar-refractivity contribution in [3.63, 3.8) is 0 Å². The van der Waals surface area contributed by atoms with Gasteiger partial charge in [-0.2, -0.15) is 25.6 Å². The number of aromatic nitrogens is 2. The minimum Gasteiger partial charge on any atom is -0.395 e. The van der Waals surface area contributed by atoms with Crippen LogP contribution >= 0.6 is 11.3 Å². The minimum absolute atomic E-state index is 0.103. The molecule has 0 fully saturated rings. The molecule has 0 spiro atoms. The molecule has 0 aliphatic heterocycles. The molecule has 2 aromatic rings. The number of thiophene rings is 1. The van der Waals surface area contributed by atoms with Crippen molar-refractivity contribution in [1.82, 2.24) is 9.78 Å². The number of nitriles is 3. The van der Waals surface area contributed by atoms with Gasteiger partial charge in [0.1, 0.15) is 28.8 Å². The Morgan fingerprint density at radius 3 is 2.35 bits per heavy atom. The summed E-state index contributed by atoms with van der Waals surface area (Å²) in [6.07, 6.45) is 0.842. The maximum absolute atomic E-state index is 12.6. The van der Waals surface area contributed by atoms with Crippen LogP contribution < -0.4 is 11.3 Å². The zero-order valence-electron chi connectivity index (χ0n) is 14.0. The number of ketones is 1. The Bertz CT molecular complexity index is 1150. The van der Waals surface area contributed by atoms with Gasteiger partial charge in [-0.3, -0.25) is 9.59 Å². The van der Waals surface area contributed by atoms with Crippen molar-refractivity contribution in [2.45, 2.75) is 26.7 Å². The Morgan fingerprint density at radius 2 is 1.77 bits per heavy atom. The van der Waals surface area contributed by atoms with Crippen LogP contribution in [0.5, 0.6) is 0 Å². The topological polar surface area (TPSA) is 149 Å². The maximum atomic E-state index is 12.6. The third-order valence-corrected chi connectivity index (χ3v) is 5.44. The van der Waals surface area contributed by atoms with Gasteiger partial charge < -0.3 is 5.73 Å². The quantitative estimate of drug-likeness (QED) is 0.808. The van der Waals surface area contributed by atoms with Crippen LogP contribution in [0, 0.1) is 39.4 Å². The van der Waals surface area contributed by atoms with E-state index in [4.69, 9.17) is 11.0 Å². The lowest BCUT2D eigenvalue weighted by atomic mass is 9.75. The SMILES string of the molecule is CC1(C)CC(=O)c2sc(-n3nc(C#N)c(N)c(C#N)c3=O)c(C#N)c2C1. The van der Waals surface area contributed by atoms with Crippen LogP contribution in [0.1, 0.15) is 52.3 Å². The van der Waals surface area contributed by atoms with Crippen molar-refractivity contribution in [3.8, 4) is 23.2 Å². The van der Waals surface area contributed by atoms with Crippen LogP contribution in [0.25, 0.3) is 5.00 Å². The van der Waals surface area contributed by atoms with E-state index in [1.165, 1.54) is 0 Å². The number of Topliss-reactive ketones (excluding diaryl/α,β-unsaturated/α-hetero) is 1. The first kappa shape index (κ1) is 17.3. The van der Waals surface area contributed by atoms with Crippen molar-refractivity contribution >= 4 is 22.8 Å². The highest BCUT2D eigenvalue weighted by Crippen LogP contribution is 2.42. The van der Waals surface area contributed by atoms with Crippen molar-refractivity contribution < 1.29 is 4.79 Å². The highest BCUT2D eigenvalue weighted by molar-refractivity contribution is 7.17. The first-order chi connectivity index (χ1) is 12.2. The molecule has 0 saturated carbocycles. The normalized spacial score (nSPS) is 14.8. The number of nitrogen functional groups attached to an aromatic ring is 1. The van der Waals surface area contributed by atoms with Gasteiger partial charge in [0, 0.05) is 6.42 Å². The van der Waals surface area contributed by atoms with Gasteiger partial charge in [-0.15, -0.1) is 11.3 Å². The average Bonchev–Trinajstić information content (AvgIpc) is 2.92. The van der Waals surface area contributed by atoms with E-state index in [0.29, 0.717) is 23.3 Å². The smallest absolute Gasteiger partial charge is 0.292 e. The van der Waals surface area contributed by atoms with E-state index in [2.05, 4.69) is 5.10 Å². The molecule has 0 radical (unpaired) electrons. The number of fused-ring (bicyclic) bond motifs is 1. The number of carbonyl (C=O) groups is 1. The molecule has 9 heteroatoms. The van der Waals surface area contributed by atoms with Gasteiger partial charge in [0.2, 0.25) is 0 Å². The fourth-order valence-corrected chi connectivity index (χ4v) is 4.19. The molecule has 1 aliphatic carbocycles. The van der Waals surface area contributed by atoms with Gasteiger partial charge in [-0.1, -0.05) is 13.8 Å². The first-order valence-corrected chi connectivity index (χ1v) is 8.38. The Morgan fingerprint density at radius 1 is 1.12 bits per heavy atom. The molecule has 128 valence electrons. The summed E-state index contributed by atoms with van der Waals surface area (Å²) in [5.41, 5.74) is 4.25. The van der Waals surface area contributed by atoms with Crippen LogP contribution in [-0.4, -0.2) is 15.6 Å². The summed E-state index contributed by atoms with van der Waals surface area (Å²) in [6.45, 7) is 3.86. The molecule has 0 aromatic carbocycles. The third kappa shape index (κ3) is 2.45. The summed E-state index contributed by atoms with van der Waals surface area (Å²) in [4.78, 5) is 25.5. The molecule has 0 bridgehead atoms. The zero-order chi connectivity index (χ0) is 19.2. The summed E-state index contributed by atoms with van der Waals surface area (Å²) < 4.78 is 0.829. The lowest BCUT2D eigenvalue weighted by Gasteiger charge is -2.28. The lowest BCUT2D eigenvalue weighted by Crippen LogP contribution is -2.27. The second kappa shape index (κ2) is 5.80. The second-order valence-electron chi connectivity index (χ2n) is 6.72. The number of hydrogen-bond acceptors (Lipinski definition) is 8. The Hall–Kier alpha value is -3.48. The van der Waals surface area contributed by atoms with Crippen molar-refractivity contribution in [3.05, 3.63) is 37.6 Å². The van der Waals surface area contributed by atoms with Gasteiger partial charge in [0.15, 0.2) is 11.5 Å². The average molecular weight is 364 g/mol. The Kier molecular flexibility index (Phi) is 3.87. The fourth-order valence-electron chi connectivity index (χ4n) is 3.03. The molecule has 2 aromatic heterocycles. The van der Waals surface area contributed by atoms with Crippen LogP contribution in [0.15, 0.2) is 4.79 Å². The van der Waals surface area contributed by atoms with E-state index >= 15 is 0 Å². The Balaban J connectivity index is 2.37. The predicted molar refractivity (Wildman–Crippen MR) is 92.7 cm³/mol. The van der Waals surface area contributed by atoms with Gasteiger partial charge in [-0.05, 0) is 17.4 Å². The van der Waals surface area contributed by atoms with E-state index in [-0.39, 0.29) is 33.1 Å². The zero-order valence-corrected chi connectivity index (χ0v) is 14.8. The molecule has 8 nitrogen and oxygen atoms in total. The molecular weight excluding hydrogens is 352 g/mol. The van der Waals surface area contributed by atoms with E-state index < -0.39 is 11.1 Å². The Labute approximate surface area is 152 Å². The summed E-state index contributed by atoms with van der Waals surface area (Å²) in [7, 11) is 0. The van der Waals surface area contributed by atoms with Crippen molar-refractivity contribution in [1.29, 1.82) is 15.8 Å². The standard InChI is InChI=1S/C17H12N6O2S/c1-17(2)3-8-9(5-18)16(26-14(8)12(24)4-17)23-15(25)10(6-19)13(21)11(7-20)22-23/h3-4,21H2,1-2H3. The summed E-state index contributed by atoms with van der Waals surface area (Å²) in [5, 5.41) is 32.0. The second-order valence-corrected chi connectivity index (χ2v) is 7.72. The number of carbonyl (C=O) groups excluding carboxylic acids is 1. The summed E-state index contributed by atoms with van der Waals surface area (Å²) in [6, 6.07) is 5.45. The largest absolute Gasteiger partial charge is 0.395 e. The number of hydrogen-bond donors (Lipinski definition) is 1. The van der Waals surface area contributed by atoms with Crippen LogP contribution in [0.4, 0.5) is 5.69 Å². The summed E-state index contributed by atoms with van der Waals surface area (Å²) in [5.74, 6) is -0.103. The van der Waals surface area contributed by atoms with Crippen LogP contribution in [-0.2, 0) is 6.42 Å². The highest BCUT2D eigenvalue weighted by atomic mass is 32.1. The molecule has 0 amide bonds. The molecule has 26 heavy (non-hydrogen) atoms. The van der Waals surface area contributed by atoms with Crippen LogP contribution in [0.2, 0.25) is 0 Å². The predicted octanol–water partition coefficient (Wildman–Crippen LogP) is 1.65. The lowest BCUT2D eigenvalue weighted by molar-refractivity contribution is 0.0917. The van der Waals surface area contributed by atoms with E-state index in [1.807, 2.05) is 19.9 Å². The van der Waals surface area contributed by atoms with E-state index in [0.717, 1.165) is 16.0 Å². The van der Waals surface area contributed by atoms with Gasteiger partial charge in [0.25, 0.3) is 5.56 Å². The van der Waals surface area contributed by atoms with Gasteiger partial charge in [0.05, 0.1) is 16.1 Å². The monoisotopic (exact) mass is 364 g/mol. The molecule has 0 atom stereocenters. The molecule has 0 unspecified atom stereocenters. The molecule has 2 N–H and O–H groups in total. The van der Waals surface area contributed by atoms with Gasteiger partial charge in [-0.25, -0.2) is 0 Å². The number of nitrogens with zero attached hydrogens (tertiary/aromatic N) is 5. The number of rotatable bonds is 1. The molecule has 3 rings (SSSR count). The van der Waals surface area contributed by atoms with Gasteiger partial charge >= 0.3 is 0 Å². The first-order valence-electron chi connectivity index (χ1n) is 7.56. The molecule has 1 aliphatic rings. The van der Waals surface area contributed by atoms with Crippen molar-refractivity contribution in [2.75, 3.05) is 5.73 Å². The minimum atomic E-state index is -0.828. The maximum Gasteiger partial charge on any atom is 0.292 e. The molecule has 2 heterocycles. The number of nitrogens with two attached hydrogens (primary N) is 1.